The van der Waals surface area contributed by atoms with Crippen LogP contribution >= 0.6 is 12.2 Å². The molecule has 1 saturated heterocycles. The smallest absolute Gasteiger partial charge is 0.169 e. The molecule has 1 atom stereocenters. The second kappa shape index (κ2) is 6.52. The molecule has 0 spiro atoms. The molecule has 0 aromatic rings. The van der Waals surface area contributed by atoms with Gasteiger partial charge in [0.15, 0.2) is 5.11 Å². The van der Waals surface area contributed by atoms with Gasteiger partial charge in [-0.1, -0.05) is 19.3 Å². The lowest BCUT2D eigenvalue weighted by atomic mass is 9.96. The molecule has 98 valence electrons. The molecular weight excluding hydrogens is 236 g/mol. The van der Waals surface area contributed by atoms with Crippen molar-refractivity contribution in [1.82, 2.24) is 10.2 Å². The first-order chi connectivity index (χ1) is 8.31. The van der Waals surface area contributed by atoms with Crippen molar-refractivity contribution in [1.29, 1.82) is 0 Å². The number of morpholine rings is 1. The lowest BCUT2D eigenvalue weighted by Gasteiger charge is -2.38. The number of nitrogens with one attached hydrogen (secondary N) is 1. The van der Waals surface area contributed by atoms with E-state index in [0.717, 1.165) is 11.7 Å². The lowest BCUT2D eigenvalue weighted by Crippen LogP contribution is -2.55. The maximum atomic E-state index is 9.31. The zero-order valence-electron chi connectivity index (χ0n) is 10.2. The SMILES string of the molecule is OCC1COCCN1C(=S)NC1CCCCC1. The molecule has 1 heterocycles. The van der Waals surface area contributed by atoms with Gasteiger partial charge in [-0.3, -0.25) is 0 Å². The Morgan fingerprint density at radius 3 is 2.82 bits per heavy atom. The average molecular weight is 258 g/mol. The predicted molar refractivity (Wildman–Crippen MR) is 71.0 cm³/mol. The molecule has 5 heteroatoms. The van der Waals surface area contributed by atoms with E-state index in [2.05, 4.69) is 10.2 Å². The Morgan fingerprint density at radius 2 is 2.12 bits per heavy atom. The van der Waals surface area contributed by atoms with E-state index < -0.39 is 0 Å². The quantitative estimate of drug-likeness (QED) is 0.720. The van der Waals surface area contributed by atoms with Gasteiger partial charge in [0.2, 0.25) is 0 Å². The van der Waals surface area contributed by atoms with Crippen molar-refractivity contribution in [2.75, 3.05) is 26.4 Å². The molecule has 2 rings (SSSR count). The van der Waals surface area contributed by atoms with E-state index in [1.54, 1.807) is 0 Å². The third kappa shape index (κ3) is 3.53. The highest BCUT2D eigenvalue weighted by Gasteiger charge is 2.25. The molecule has 1 aliphatic carbocycles. The minimum absolute atomic E-state index is 0.0207. The first-order valence-electron chi connectivity index (χ1n) is 6.57. The van der Waals surface area contributed by atoms with Crippen LogP contribution in [0.1, 0.15) is 32.1 Å². The minimum Gasteiger partial charge on any atom is -0.394 e. The van der Waals surface area contributed by atoms with Gasteiger partial charge in [0.05, 0.1) is 25.9 Å². The number of hydrogen-bond donors (Lipinski definition) is 2. The number of ether oxygens (including phenoxy) is 1. The molecule has 17 heavy (non-hydrogen) atoms. The van der Waals surface area contributed by atoms with Crippen LogP contribution in [0.3, 0.4) is 0 Å². The summed E-state index contributed by atoms with van der Waals surface area (Å²) in [6, 6.07) is 0.547. The molecule has 1 saturated carbocycles. The number of thiocarbonyl (C=S) groups is 1. The van der Waals surface area contributed by atoms with Gasteiger partial charge in [0, 0.05) is 12.6 Å². The Morgan fingerprint density at radius 1 is 1.35 bits per heavy atom. The third-order valence-electron chi connectivity index (χ3n) is 3.63. The number of rotatable bonds is 2. The van der Waals surface area contributed by atoms with Gasteiger partial charge in [-0.2, -0.15) is 0 Å². The van der Waals surface area contributed by atoms with E-state index in [1.165, 1.54) is 32.1 Å². The van der Waals surface area contributed by atoms with Crippen molar-refractivity contribution < 1.29 is 9.84 Å². The predicted octanol–water partition coefficient (Wildman–Crippen LogP) is 0.887. The topological polar surface area (TPSA) is 44.7 Å². The zero-order chi connectivity index (χ0) is 12.1. The summed E-state index contributed by atoms with van der Waals surface area (Å²) in [5.41, 5.74) is 0. The number of hydrogen-bond acceptors (Lipinski definition) is 3. The van der Waals surface area contributed by atoms with Gasteiger partial charge in [0.25, 0.3) is 0 Å². The largest absolute Gasteiger partial charge is 0.394 e. The Kier molecular flexibility index (Phi) is 5.00. The van der Waals surface area contributed by atoms with Crippen LogP contribution in [-0.2, 0) is 4.74 Å². The number of nitrogens with zero attached hydrogens (tertiary/aromatic N) is 1. The lowest BCUT2D eigenvalue weighted by molar-refractivity contribution is 0.00408. The molecule has 0 amide bonds. The summed E-state index contributed by atoms with van der Waals surface area (Å²) in [5, 5.41) is 13.5. The second-order valence-corrected chi connectivity index (χ2v) is 5.28. The highest BCUT2D eigenvalue weighted by molar-refractivity contribution is 7.80. The van der Waals surface area contributed by atoms with E-state index in [9.17, 15) is 5.11 Å². The summed E-state index contributed by atoms with van der Waals surface area (Å²) in [4.78, 5) is 2.08. The molecule has 0 aromatic carbocycles. The molecule has 1 aliphatic heterocycles. The normalized spacial score (nSPS) is 26.9. The molecule has 0 radical (unpaired) electrons. The van der Waals surface area contributed by atoms with Gasteiger partial charge in [0.1, 0.15) is 0 Å². The minimum atomic E-state index is 0.0207. The van der Waals surface area contributed by atoms with E-state index >= 15 is 0 Å². The monoisotopic (exact) mass is 258 g/mol. The highest BCUT2D eigenvalue weighted by Crippen LogP contribution is 2.18. The van der Waals surface area contributed by atoms with Gasteiger partial charge < -0.3 is 20.1 Å². The van der Waals surface area contributed by atoms with Crippen molar-refractivity contribution in [2.24, 2.45) is 0 Å². The van der Waals surface area contributed by atoms with Crippen LogP contribution in [0.4, 0.5) is 0 Å². The summed E-state index contributed by atoms with van der Waals surface area (Å²) in [5.74, 6) is 0. The van der Waals surface area contributed by atoms with Gasteiger partial charge in [-0.15, -0.1) is 0 Å². The van der Waals surface area contributed by atoms with E-state index in [-0.39, 0.29) is 12.6 Å². The molecule has 0 bridgehead atoms. The molecule has 2 N–H and O–H groups in total. The fourth-order valence-electron chi connectivity index (χ4n) is 2.58. The average Bonchev–Trinajstić information content (AvgIpc) is 2.40. The van der Waals surface area contributed by atoms with E-state index in [1.807, 2.05) is 0 Å². The fourth-order valence-corrected chi connectivity index (χ4v) is 2.98. The second-order valence-electron chi connectivity index (χ2n) is 4.89. The fraction of sp³-hybridized carbons (Fsp3) is 0.917. The highest BCUT2D eigenvalue weighted by atomic mass is 32.1. The van der Waals surface area contributed by atoms with E-state index in [0.29, 0.717) is 19.3 Å². The Bertz CT molecular complexity index is 257. The standard InChI is InChI=1S/C12H22N2O2S/c15-8-11-9-16-7-6-14(11)12(17)13-10-4-2-1-3-5-10/h10-11,15H,1-9H2,(H,13,17). The summed E-state index contributed by atoms with van der Waals surface area (Å²) < 4.78 is 5.35. The zero-order valence-corrected chi connectivity index (χ0v) is 11.0. The van der Waals surface area contributed by atoms with Crippen molar-refractivity contribution >= 4 is 17.3 Å². The molecule has 4 nitrogen and oxygen atoms in total. The van der Waals surface area contributed by atoms with Crippen LogP contribution in [0, 0.1) is 0 Å². The summed E-state index contributed by atoms with van der Waals surface area (Å²) in [7, 11) is 0. The van der Waals surface area contributed by atoms with Crippen LogP contribution in [0.15, 0.2) is 0 Å². The van der Waals surface area contributed by atoms with Gasteiger partial charge in [-0.05, 0) is 25.1 Å². The van der Waals surface area contributed by atoms with Crippen LogP contribution in [-0.4, -0.2) is 53.6 Å². The summed E-state index contributed by atoms with van der Waals surface area (Å²) in [6.45, 7) is 2.15. The van der Waals surface area contributed by atoms with Crippen LogP contribution in [0.25, 0.3) is 0 Å². The molecule has 0 aromatic heterocycles. The molecular formula is C12H22N2O2S. The van der Waals surface area contributed by atoms with Crippen LogP contribution in [0.2, 0.25) is 0 Å². The molecule has 1 unspecified atom stereocenters. The Labute approximate surface area is 108 Å². The van der Waals surface area contributed by atoms with E-state index in [4.69, 9.17) is 17.0 Å². The first kappa shape index (κ1) is 13.1. The summed E-state index contributed by atoms with van der Waals surface area (Å²) in [6.07, 6.45) is 6.38. The maximum Gasteiger partial charge on any atom is 0.169 e. The van der Waals surface area contributed by atoms with Gasteiger partial charge in [-0.25, -0.2) is 0 Å². The van der Waals surface area contributed by atoms with Crippen molar-refractivity contribution in [3.05, 3.63) is 0 Å². The third-order valence-corrected chi connectivity index (χ3v) is 3.98. The van der Waals surface area contributed by atoms with Crippen LogP contribution < -0.4 is 5.32 Å². The van der Waals surface area contributed by atoms with Gasteiger partial charge >= 0.3 is 0 Å². The van der Waals surface area contributed by atoms with Crippen molar-refractivity contribution in [2.45, 2.75) is 44.2 Å². The Balaban J connectivity index is 1.84. The maximum absolute atomic E-state index is 9.31. The Hall–Kier alpha value is -0.390. The number of aliphatic hydroxyl groups is 1. The molecule has 2 aliphatic rings. The van der Waals surface area contributed by atoms with Crippen LogP contribution in [0.5, 0.6) is 0 Å². The van der Waals surface area contributed by atoms with Crippen molar-refractivity contribution in [3.63, 3.8) is 0 Å². The van der Waals surface area contributed by atoms with Crippen molar-refractivity contribution in [3.8, 4) is 0 Å². The molecule has 2 fully saturated rings. The number of aliphatic hydroxyl groups excluding tert-OH is 1. The summed E-state index contributed by atoms with van der Waals surface area (Å²) >= 11 is 5.45. The first-order valence-corrected chi connectivity index (χ1v) is 6.98.